The first kappa shape index (κ1) is 19.2. The number of hydrogen-bond acceptors (Lipinski definition) is 5. The molecule has 0 fully saturated rings. The Labute approximate surface area is 147 Å². The molecule has 0 saturated carbocycles. The quantitative estimate of drug-likeness (QED) is 0.725. The molecule has 6 nitrogen and oxygen atoms in total. The second kappa shape index (κ2) is 8.31. The molecule has 0 aliphatic rings. The number of aromatic nitrogens is 2. The molecule has 0 atom stereocenters. The number of carbonyl (C=O) groups is 1. The van der Waals surface area contributed by atoms with Gasteiger partial charge in [-0.25, -0.2) is 9.97 Å². The van der Waals surface area contributed by atoms with Crippen LogP contribution < -0.4 is 10.6 Å². The van der Waals surface area contributed by atoms with Crippen molar-refractivity contribution >= 4 is 17.4 Å². The van der Waals surface area contributed by atoms with Gasteiger partial charge in [0.15, 0.2) is 0 Å². The number of rotatable bonds is 4. The van der Waals surface area contributed by atoms with Crippen LogP contribution in [0.25, 0.3) is 0 Å². The van der Waals surface area contributed by atoms with Crippen LogP contribution in [-0.4, -0.2) is 33.7 Å². The van der Waals surface area contributed by atoms with Gasteiger partial charge in [0.1, 0.15) is 11.5 Å². The minimum atomic E-state index is -5.07. The fraction of sp³-hybridized carbons (Fsp3) is 0.235. The summed E-state index contributed by atoms with van der Waals surface area (Å²) in [6.45, 7) is 1.99. The lowest BCUT2D eigenvalue weighted by atomic mass is 10.1. The van der Waals surface area contributed by atoms with Crippen molar-refractivity contribution in [1.29, 1.82) is 0 Å². The van der Waals surface area contributed by atoms with Gasteiger partial charge in [0, 0.05) is 30.1 Å². The summed E-state index contributed by atoms with van der Waals surface area (Å²) in [5, 5.41) is 14.0. The van der Waals surface area contributed by atoms with Gasteiger partial charge in [-0.3, -0.25) is 4.79 Å². The first-order valence-corrected chi connectivity index (χ1v) is 7.54. The molecule has 2 aromatic heterocycles. The van der Waals surface area contributed by atoms with Crippen LogP contribution in [0, 0.1) is 11.8 Å². The molecule has 0 aromatic carbocycles. The third kappa shape index (κ3) is 4.94. The lowest BCUT2D eigenvalue weighted by Gasteiger charge is -2.12. The second-order valence-corrected chi connectivity index (χ2v) is 5.01. The van der Waals surface area contributed by atoms with Crippen molar-refractivity contribution in [3.05, 3.63) is 47.4 Å². The number of carbonyl (C=O) groups excluding carboxylic acids is 1. The Morgan fingerprint density at radius 2 is 1.96 bits per heavy atom. The summed E-state index contributed by atoms with van der Waals surface area (Å²) >= 11 is 0. The number of alkyl halides is 3. The van der Waals surface area contributed by atoms with E-state index in [1.165, 1.54) is 18.5 Å². The number of aliphatic hydroxyl groups is 1. The molecule has 2 aromatic rings. The molecule has 0 radical (unpaired) electrons. The van der Waals surface area contributed by atoms with E-state index in [9.17, 15) is 23.1 Å². The maximum Gasteiger partial charge on any atom is 0.471 e. The Balaban J connectivity index is 2.39. The predicted octanol–water partition coefficient (Wildman–Crippen LogP) is 2.30. The molecule has 136 valence electrons. The maximum atomic E-state index is 12.5. The summed E-state index contributed by atoms with van der Waals surface area (Å²) in [5.41, 5.74) is 0.270. The summed E-state index contributed by atoms with van der Waals surface area (Å²) in [7, 11) is 0. The third-order valence-corrected chi connectivity index (χ3v) is 3.15. The largest absolute Gasteiger partial charge is 0.471 e. The Morgan fingerprint density at radius 1 is 1.23 bits per heavy atom. The van der Waals surface area contributed by atoms with Gasteiger partial charge in [0.2, 0.25) is 0 Å². The Morgan fingerprint density at radius 3 is 2.62 bits per heavy atom. The lowest BCUT2D eigenvalue weighted by molar-refractivity contribution is -0.167. The van der Waals surface area contributed by atoms with Gasteiger partial charge in [0.25, 0.3) is 0 Å². The van der Waals surface area contributed by atoms with E-state index in [-0.39, 0.29) is 16.9 Å². The number of nitrogens with zero attached hydrogens (tertiary/aromatic N) is 2. The Hall–Kier alpha value is -3.12. The molecule has 26 heavy (non-hydrogen) atoms. The van der Waals surface area contributed by atoms with Crippen LogP contribution in [0.5, 0.6) is 0 Å². The highest BCUT2D eigenvalue weighted by atomic mass is 19.4. The molecule has 3 N–H and O–H groups in total. The van der Waals surface area contributed by atoms with E-state index < -0.39 is 18.7 Å². The van der Waals surface area contributed by atoms with Crippen LogP contribution in [0.4, 0.5) is 24.7 Å². The SMILES string of the molecule is CCNc1cc(C#Cc2nccc(CO)c2NC(=O)C(F)(F)F)ccn1. The van der Waals surface area contributed by atoms with Crippen molar-refractivity contribution in [2.45, 2.75) is 19.7 Å². The van der Waals surface area contributed by atoms with E-state index in [0.29, 0.717) is 17.9 Å². The van der Waals surface area contributed by atoms with Crippen molar-refractivity contribution in [3.8, 4) is 11.8 Å². The zero-order valence-electron chi connectivity index (χ0n) is 13.7. The van der Waals surface area contributed by atoms with Crippen molar-refractivity contribution in [1.82, 2.24) is 9.97 Å². The van der Waals surface area contributed by atoms with Crippen molar-refractivity contribution < 1.29 is 23.1 Å². The van der Waals surface area contributed by atoms with E-state index in [4.69, 9.17) is 0 Å². The summed E-state index contributed by atoms with van der Waals surface area (Å²) in [6.07, 6.45) is -2.25. The van der Waals surface area contributed by atoms with Crippen LogP contribution in [-0.2, 0) is 11.4 Å². The van der Waals surface area contributed by atoms with Gasteiger partial charge in [-0.2, -0.15) is 13.2 Å². The normalized spacial score (nSPS) is 10.7. The average Bonchev–Trinajstić information content (AvgIpc) is 2.60. The third-order valence-electron chi connectivity index (χ3n) is 3.15. The van der Waals surface area contributed by atoms with Gasteiger partial charge in [-0.15, -0.1) is 0 Å². The summed E-state index contributed by atoms with van der Waals surface area (Å²) < 4.78 is 37.6. The maximum absolute atomic E-state index is 12.5. The minimum Gasteiger partial charge on any atom is -0.392 e. The van der Waals surface area contributed by atoms with Crippen molar-refractivity contribution in [2.75, 3.05) is 17.2 Å². The van der Waals surface area contributed by atoms with Gasteiger partial charge in [-0.1, -0.05) is 5.92 Å². The molecule has 0 aliphatic heterocycles. The van der Waals surface area contributed by atoms with Gasteiger partial charge < -0.3 is 15.7 Å². The molecule has 2 rings (SSSR count). The zero-order valence-corrected chi connectivity index (χ0v) is 13.7. The van der Waals surface area contributed by atoms with Crippen molar-refractivity contribution in [2.24, 2.45) is 0 Å². The fourth-order valence-corrected chi connectivity index (χ4v) is 1.97. The Kier molecular flexibility index (Phi) is 6.14. The molecule has 2 heterocycles. The monoisotopic (exact) mass is 364 g/mol. The predicted molar refractivity (Wildman–Crippen MR) is 89.2 cm³/mol. The van der Waals surface area contributed by atoms with E-state index in [1.54, 1.807) is 17.4 Å². The number of hydrogen-bond donors (Lipinski definition) is 3. The molecule has 9 heteroatoms. The molecule has 0 aliphatic carbocycles. The molecular formula is C17H15F3N4O2. The summed E-state index contributed by atoms with van der Waals surface area (Å²) in [5.74, 6) is 3.81. The zero-order chi connectivity index (χ0) is 19.2. The number of aliphatic hydroxyl groups excluding tert-OH is 1. The Bertz CT molecular complexity index is 857. The minimum absolute atomic E-state index is 0.0740. The topological polar surface area (TPSA) is 87.1 Å². The van der Waals surface area contributed by atoms with Crippen molar-refractivity contribution in [3.63, 3.8) is 0 Å². The standard InChI is InChI=1S/C17H15F3N4O2/c1-2-21-14-9-11(5-7-23-14)3-4-13-15(12(10-25)6-8-22-13)24-16(26)17(18,19)20/h5-9,25H,2,10H2,1H3,(H,21,23)(H,24,26). The molecular weight excluding hydrogens is 349 g/mol. The van der Waals surface area contributed by atoms with E-state index in [1.807, 2.05) is 6.92 Å². The van der Waals surface area contributed by atoms with Crippen LogP contribution in [0.15, 0.2) is 30.6 Å². The number of halogens is 3. The van der Waals surface area contributed by atoms with E-state index >= 15 is 0 Å². The number of nitrogens with one attached hydrogen (secondary N) is 2. The smallest absolute Gasteiger partial charge is 0.392 e. The van der Waals surface area contributed by atoms with Gasteiger partial charge in [-0.05, 0) is 31.0 Å². The van der Waals surface area contributed by atoms with Crippen LogP contribution in [0.2, 0.25) is 0 Å². The van der Waals surface area contributed by atoms with E-state index in [2.05, 4.69) is 27.1 Å². The molecule has 1 amide bonds. The molecule has 0 saturated heterocycles. The van der Waals surface area contributed by atoms with Gasteiger partial charge in [0.05, 0.1) is 12.3 Å². The lowest BCUT2D eigenvalue weighted by Crippen LogP contribution is -2.30. The molecule has 0 unspecified atom stereocenters. The highest BCUT2D eigenvalue weighted by Gasteiger charge is 2.39. The fourth-order valence-electron chi connectivity index (χ4n) is 1.97. The van der Waals surface area contributed by atoms with Crippen LogP contribution >= 0.6 is 0 Å². The highest BCUT2D eigenvalue weighted by molar-refractivity contribution is 5.96. The van der Waals surface area contributed by atoms with Gasteiger partial charge >= 0.3 is 12.1 Å². The van der Waals surface area contributed by atoms with Crippen LogP contribution in [0.1, 0.15) is 23.7 Å². The highest BCUT2D eigenvalue weighted by Crippen LogP contribution is 2.23. The number of amides is 1. The second-order valence-electron chi connectivity index (χ2n) is 5.01. The number of pyridine rings is 2. The average molecular weight is 364 g/mol. The summed E-state index contributed by atoms with van der Waals surface area (Å²) in [6, 6.07) is 4.59. The molecule has 0 bridgehead atoms. The van der Waals surface area contributed by atoms with E-state index in [0.717, 1.165) is 0 Å². The first-order chi connectivity index (χ1) is 12.3. The first-order valence-electron chi connectivity index (χ1n) is 7.54. The number of anilines is 2. The molecule has 0 spiro atoms. The summed E-state index contributed by atoms with van der Waals surface area (Å²) in [4.78, 5) is 19.2. The van der Waals surface area contributed by atoms with Crippen LogP contribution in [0.3, 0.4) is 0 Å².